The molecule has 3 atom stereocenters. The average molecular weight is 435 g/mol. The third kappa shape index (κ3) is 8.32. The largest absolute Gasteiger partial charge is 0.462 e. The number of benzene rings is 1. The van der Waals surface area contributed by atoms with E-state index in [-0.39, 0.29) is 25.1 Å². The molecule has 3 unspecified atom stereocenters. The molecule has 1 saturated carbocycles. The van der Waals surface area contributed by atoms with Gasteiger partial charge in [-0.2, -0.15) is 0 Å². The van der Waals surface area contributed by atoms with E-state index in [1.165, 1.54) is 0 Å². The van der Waals surface area contributed by atoms with Crippen molar-refractivity contribution in [2.45, 2.75) is 65.8 Å². The summed E-state index contributed by atoms with van der Waals surface area (Å²) in [6, 6.07) is 9.67. The molecular weight excluding hydrogens is 400 g/mol. The average Bonchev–Trinajstić information content (AvgIpc) is 2.79. The van der Waals surface area contributed by atoms with Crippen molar-refractivity contribution in [3.05, 3.63) is 35.9 Å². The molecule has 0 spiro atoms. The highest BCUT2D eigenvalue weighted by molar-refractivity contribution is 5.82. The molecular formula is C24H34O7. The molecule has 7 heteroatoms. The molecule has 1 aliphatic rings. The number of carbonyl (C=O) groups is 3. The summed E-state index contributed by atoms with van der Waals surface area (Å²) < 4.78 is 21.6. The molecule has 0 amide bonds. The van der Waals surface area contributed by atoms with Gasteiger partial charge < -0.3 is 18.9 Å². The van der Waals surface area contributed by atoms with Gasteiger partial charge in [0, 0.05) is 6.42 Å². The summed E-state index contributed by atoms with van der Waals surface area (Å²) in [5.41, 5.74) is 0.995. The van der Waals surface area contributed by atoms with Crippen LogP contribution in [0.25, 0.3) is 0 Å². The number of hydrogen-bond acceptors (Lipinski definition) is 7. The summed E-state index contributed by atoms with van der Waals surface area (Å²) >= 11 is 0. The lowest BCUT2D eigenvalue weighted by atomic mass is 9.79. The summed E-state index contributed by atoms with van der Waals surface area (Å²) in [6.45, 7) is 5.69. The Hall–Kier alpha value is -2.41. The number of hydrogen-bond donors (Lipinski definition) is 0. The van der Waals surface area contributed by atoms with Crippen LogP contribution in [0, 0.1) is 17.8 Å². The molecule has 172 valence electrons. The van der Waals surface area contributed by atoms with E-state index in [4.69, 9.17) is 18.9 Å². The first kappa shape index (κ1) is 24.9. The fraction of sp³-hybridized carbons (Fsp3) is 0.625. The van der Waals surface area contributed by atoms with Gasteiger partial charge in [-0.15, -0.1) is 0 Å². The van der Waals surface area contributed by atoms with E-state index in [0.29, 0.717) is 25.9 Å². The van der Waals surface area contributed by atoms with Crippen molar-refractivity contribution in [3.63, 3.8) is 0 Å². The molecule has 0 N–H and O–H groups in total. The van der Waals surface area contributed by atoms with E-state index < -0.39 is 30.1 Å². The molecule has 31 heavy (non-hydrogen) atoms. The van der Waals surface area contributed by atoms with Gasteiger partial charge in [0.15, 0.2) is 0 Å². The summed E-state index contributed by atoms with van der Waals surface area (Å²) in [7, 11) is 0. The lowest BCUT2D eigenvalue weighted by molar-refractivity contribution is -0.191. The van der Waals surface area contributed by atoms with Gasteiger partial charge in [0.1, 0.15) is 13.2 Å². The van der Waals surface area contributed by atoms with Crippen molar-refractivity contribution in [1.82, 2.24) is 0 Å². The standard InChI is InChI=1S/C24H34O7/c1-4-21(30-16-18-10-6-5-7-11-18)31-24(27)20-13-9-8-12-19(20)23(26)29-15-14-28-22(25)17(2)3/h5-7,10-11,17,19-21H,4,8-9,12-16H2,1-3H3. The van der Waals surface area contributed by atoms with Crippen molar-refractivity contribution in [2.75, 3.05) is 13.2 Å². The van der Waals surface area contributed by atoms with Crippen LogP contribution in [0.4, 0.5) is 0 Å². The van der Waals surface area contributed by atoms with Gasteiger partial charge in [0.25, 0.3) is 0 Å². The van der Waals surface area contributed by atoms with Crippen molar-refractivity contribution < 1.29 is 33.3 Å². The van der Waals surface area contributed by atoms with Gasteiger partial charge in [-0.3, -0.25) is 14.4 Å². The third-order valence-electron chi connectivity index (χ3n) is 5.27. The minimum atomic E-state index is -0.665. The maximum Gasteiger partial charge on any atom is 0.312 e. The van der Waals surface area contributed by atoms with Gasteiger partial charge in [0.05, 0.1) is 24.4 Å². The van der Waals surface area contributed by atoms with Crippen LogP contribution in [0.3, 0.4) is 0 Å². The molecule has 0 heterocycles. The lowest BCUT2D eigenvalue weighted by Crippen LogP contribution is -2.37. The molecule has 1 aliphatic carbocycles. The maximum absolute atomic E-state index is 12.8. The summed E-state index contributed by atoms with van der Waals surface area (Å²) in [5, 5.41) is 0. The van der Waals surface area contributed by atoms with Gasteiger partial charge in [-0.05, 0) is 18.4 Å². The van der Waals surface area contributed by atoms with Crippen LogP contribution in [0.2, 0.25) is 0 Å². The maximum atomic E-state index is 12.8. The van der Waals surface area contributed by atoms with Gasteiger partial charge in [-0.25, -0.2) is 0 Å². The molecule has 2 rings (SSSR count). The molecule has 0 saturated heterocycles. The molecule has 0 bridgehead atoms. The zero-order valence-electron chi connectivity index (χ0n) is 18.7. The molecule has 0 aliphatic heterocycles. The van der Waals surface area contributed by atoms with Crippen molar-refractivity contribution >= 4 is 17.9 Å². The first-order chi connectivity index (χ1) is 14.9. The Bertz CT molecular complexity index is 701. The Balaban J connectivity index is 1.84. The number of esters is 3. The van der Waals surface area contributed by atoms with Crippen LogP contribution in [-0.4, -0.2) is 37.4 Å². The molecule has 1 aromatic carbocycles. The zero-order valence-corrected chi connectivity index (χ0v) is 18.7. The van der Waals surface area contributed by atoms with E-state index in [1.54, 1.807) is 13.8 Å². The number of carbonyl (C=O) groups excluding carboxylic acids is 3. The number of rotatable bonds is 11. The molecule has 0 radical (unpaired) electrons. The quantitative estimate of drug-likeness (QED) is 0.225. The third-order valence-corrected chi connectivity index (χ3v) is 5.27. The fourth-order valence-electron chi connectivity index (χ4n) is 3.47. The van der Waals surface area contributed by atoms with E-state index >= 15 is 0 Å². The topological polar surface area (TPSA) is 88.1 Å². The highest BCUT2D eigenvalue weighted by atomic mass is 16.7. The molecule has 0 aromatic heterocycles. The fourth-order valence-corrected chi connectivity index (χ4v) is 3.47. The van der Waals surface area contributed by atoms with Gasteiger partial charge in [-0.1, -0.05) is 63.9 Å². The zero-order chi connectivity index (χ0) is 22.6. The van der Waals surface area contributed by atoms with Crippen LogP contribution in [-0.2, 0) is 39.9 Å². The van der Waals surface area contributed by atoms with Crippen molar-refractivity contribution in [2.24, 2.45) is 17.8 Å². The second kappa shape index (κ2) is 13.1. The predicted molar refractivity (Wildman–Crippen MR) is 114 cm³/mol. The highest BCUT2D eigenvalue weighted by Gasteiger charge is 2.38. The minimum absolute atomic E-state index is 0.00974. The minimum Gasteiger partial charge on any atom is -0.462 e. The highest BCUT2D eigenvalue weighted by Crippen LogP contribution is 2.32. The Morgan fingerprint density at radius 2 is 1.55 bits per heavy atom. The predicted octanol–water partition coefficient (Wildman–Crippen LogP) is 4.03. The van der Waals surface area contributed by atoms with Gasteiger partial charge >= 0.3 is 17.9 Å². The van der Waals surface area contributed by atoms with Crippen LogP contribution in [0.5, 0.6) is 0 Å². The Labute approximate surface area is 184 Å². The van der Waals surface area contributed by atoms with Crippen LogP contribution < -0.4 is 0 Å². The van der Waals surface area contributed by atoms with E-state index in [1.807, 2.05) is 37.3 Å². The smallest absolute Gasteiger partial charge is 0.312 e. The summed E-state index contributed by atoms with van der Waals surface area (Å²) in [6.07, 6.45) is 2.72. The molecule has 7 nitrogen and oxygen atoms in total. The summed E-state index contributed by atoms with van der Waals surface area (Å²) in [4.78, 5) is 36.8. The van der Waals surface area contributed by atoms with E-state index in [2.05, 4.69) is 0 Å². The normalized spacial score (nSPS) is 19.5. The molecule has 1 fully saturated rings. The lowest BCUT2D eigenvalue weighted by Gasteiger charge is -2.29. The van der Waals surface area contributed by atoms with Crippen LogP contribution in [0.1, 0.15) is 58.4 Å². The number of ether oxygens (including phenoxy) is 4. The Morgan fingerprint density at radius 3 is 2.16 bits per heavy atom. The van der Waals surface area contributed by atoms with Gasteiger partial charge in [0.2, 0.25) is 6.29 Å². The van der Waals surface area contributed by atoms with E-state index in [0.717, 1.165) is 18.4 Å². The second-order valence-electron chi connectivity index (χ2n) is 8.06. The van der Waals surface area contributed by atoms with E-state index in [9.17, 15) is 14.4 Å². The van der Waals surface area contributed by atoms with Crippen molar-refractivity contribution in [1.29, 1.82) is 0 Å². The Kier molecular flexibility index (Phi) is 10.5. The molecule has 1 aromatic rings. The first-order valence-corrected chi connectivity index (χ1v) is 11.1. The second-order valence-corrected chi connectivity index (χ2v) is 8.06. The van der Waals surface area contributed by atoms with Crippen LogP contribution >= 0.6 is 0 Å². The van der Waals surface area contributed by atoms with Crippen molar-refractivity contribution in [3.8, 4) is 0 Å². The monoisotopic (exact) mass is 434 g/mol. The Morgan fingerprint density at radius 1 is 0.935 bits per heavy atom. The SMILES string of the molecule is CCC(OCc1ccccc1)OC(=O)C1CCCCC1C(=O)OCCOC(=O)C(C)C. The summed E-state index contributed by atoms with van der Waals surface area (Å²) in [5.74, 6) is -2.53. The van der Waals surface area contributed by atoms with Crippen LogP contribution in [0.15, 0.2) is 30.3 Å². The first-order valence-electron chi connectivity index (χ1n) is 11.1.